The Bertz CT molecular complexity index is 1020. The van der Waals surface area contributed by atoms with Crippen molar-refractivity contribution < 1.29 is 5.11 Å². The molecule has 0 spiro atoms. The van der Waals surface area contributed by atoms with Gasteiger partial charge in [-0.25, -0.2) is 4.98 Å². The number of aliphatic hydroxyl groups is 1. The highest BCUT2D eigenvalue weighted by atomic mass is 32.1. The molecule has 0 unspecified atom stereocenters. The molecule has 0 aliphatic rings. The van der Waals surface area contributed by atoms with E-state index in [0.29, 0.717) is 15.8 Å². The van der Waals surface area contributed by atoms with Gasteiger partial charge in [-0.1, -0.05) is 30.3 Å². The smallest absolute Gasteiger partial charge is 0.260 e. The lowest BCUT2D eigenvalue weighted by atomic mass is 10.1. The Morgan fingerprint density at radius 2 is 2.00 bits per heavy atom. The van der Waals surface area contributed by atoms with Crippen molar-refractivity contribution in [3.63, 3.8) is 0 Å². The molecule has 6 heteroatoms. The number of aliphatic hydroxyl groups excluding tert-OH is 1. The summed E-state index contributed by atoms with van der Waals surface area (Å²) in [5.41, 5.74) is 1.02. The van der Waals surface area contributed by atoms with Crippen molar-refractivity contribution in [2.75, 3.05) is 0 Å². The van der Waals surface area contributed by atoms with Crippen LogP contribution in [0.25, 0.3) is 21.5 Å². The lowest BCUT2D eigenvalue weighted by molar-refractivity contribution is 0.514. The van der Waals surface area contributed by atoms with Crippen molar-refractivity contribution in [2.45, 2.75) is 13.8 Å². The van der Waals surface area contributed by atoms with Crippen LogP contribution in [0.5, 0.6) is 0 Å². The van der Waals surface area contributed by atoms with Gasteiger partial charge >= 0.3 is 0 Å². The average molecular weight is 323 g/mol. The summed E-state index contributed by atoms with van der Waals surface area (Å²) in [4.78, 5) is 20.8. The maximum absolute atomic E-state index is 12.3. The first-order chi connectivity index (χ1) is 11.0. The molecule has 0 saturated heterocycles. The number of nitriles is 1. The van der Waals surface area contributed by atoms with E-state index in [1.807, 2.05) is 26.0 Å². The Kier molecular flexibility index (Phi) is 3.72. The minimum atomic E-state index is -0.305. The number of aryl methyl sites for hydroxylation is 2. The van der Waals surface area contributed by atoms with Gasteiger partial charge < -0.3 is 10.1 Å². The van der Waals surface area contributed by atoms with Crippen molar-refractivity contribution in [3.05, 3.63) is 62.5 Å². The molecule has 2 heterocycles. The van der Waals surface area contributed by atoms with Crippen LogP contribution in [-0.2, 0) is 0 Å². The fraction of sp³-hybridized carbons (Fsp3) is 0.118. The third-order valence-electron chi connectivity index (χ3n) is 3.67. The van der Waals surface area contributed by atoms with E-state index in [9.17, 15) is 15.2 Å². The summed E-state index contributed by atoms with van der Waals surface area (Å²) in [5.74, 6) is -0.131. The molecule has 0 fully saturated rings. The number of thiophene rings is 1. The molecule has 2 aromatic heterocycles. The van der Waals surface area contributed by atoms with Gasteiger partial charge in [-0.3, -0.25) is 4.79 Å². The highest BCUT2D eigenvalue weighted by Crippen LogP contribution is 2.28. The molecule has 0 radical (unpaired) electrons. The van der Waals surface area contributed by atoms with Gasteiger partial charge in [0.15, 0.2) is 5.82 Å². The van der Waals surface area contributed by atoms with Crippen LogP contribution in [0.2, 0.25) is 0 Å². The molecule has 0 aliphatic carbocycles. The number of rotatable bonds is 2. The number of aromatic nitrogens is 2. The summed E-state index contributed by atoms with van der Waals surface area (Å²) in [6.45, 7) is 3.79. The molecular formula is C17H13N3O2S. The summed E-state index contributed by atoms with van der Waals surface area (Å²) in [5, 5.41) is 20.3. The number of H-pyrrole nitrogens is 1. The van der Waals surface area contributed by atoms with Crippen molar-refractivity contribution in [1.82, 2.24) is 9.97 Å². The van der Waals surface area contributed by atoms with Gasteiger partial charge in [0.2, 0.25) is 0 Å². The molecule has 3 rings (SSSR count). The van der Waals surface area contributed by atoms with Crippen LogP contribution >= 0.6 is 11.3 Å². The Balaban J connectivity index is 2.26. The van der Waals surface area contributed by atoms with E-state index in [1.54, 1.807) is 24.3 Å². The third-order valence-corrected chi connectivity index (χ3v) is 4.77. The van der Waals surface area contributed by atoms with Crippen LogP contribution in [-0.4, -0.2) is 15.1 Å². The molecule has 0 bridgehead atoms. The summed E-state index contributed by atoms with van der Waals surface area (Å²) in [6, 6.07) is 10.6. The van der Waals surface area contributed by atoms with Crippen molar-refractivity contribution in [2.24, 2.45) is 0 Å². The normalized spacial score (nSPS) is 12.0. The first-order valence-corrected chi connectivity index (χ1v) is 7.73. The number of hydrogen-bond donors (Lipinski definition) is 2. The van der Waals surface area contributed by atoms with Crippen LogP contribution in [0.3, 0.4) is 0 Å². The zero-order valence-corrected chi connectivity index (χ0v) is 13.4. The van der Waals surface area contributed by atoms with E-state index >= 15 is 0 Å². The van der Waals surface area contributed by atoms with Gasteiger partial charge in [0.1, 0.15) is 22.2 Å². The molecule has 114 valence electrons. The van der Waals surface area contributed by atoms with Crippen molar-refractivity contribution in [3.8, 4) is 6.07 Å². The van der Waals surface area contributed by atoms with Gasteiger partial charge in [0.25, 0.3) is 5.56 Å². The zero-order chi connectivity index (χ0) is 16.6. The van der Waals surface area contributed by atoms with Crippen LogP contribution < -0.4 is 5.56 Å². The third kappa shape index (κ3) is 2.51. The fourth-order valence-electron chi connectivity index (χ4n) is 2.33. The predicted molar refractivity (Wildman–Crippen MR) is 91.2 cm³/mol. The van der Waals surface area contributed by atoms with Crippen molar-refractivity contribution >= 4 is 32.9 Å². The number of hydrogen-bond acceptors (Lipinski definition) is 5. The van der Waals surface area contributed by atoms with Gasteiger partial charge in [-0.05, 0) is 19.4 Å². The predicted octanol–water partition coefficient (Wildman–Crippen LogP) is 3.55. The van der Waals surface area contributed by atoms with E-state index in [-0.39, 0.29) is 22.7 Å². The molecular weight excluding hydrogens is 310 g/mol. The van der Waals surface area contributed by atoms with Crippen LogP contribution in [0.4, 0.5) is 0 Å². The SMILES string of the molecule is Cc1sc2nc(/C(C#N)=C(\O)c3ccccc3)[nH]c(=O)c2c1C. The summed E-state index contributed by atoms with van der Waals surface area (Å²) >= 11 is 1.40. The Morgan fingerprint density at radius 1 is 1.30 bits per heavy atom. The Hall–Kier alpha value is -2.91. The number of nitrogens with zero attached hydrogens (tertiary/aromatic N) is 2. The number of benzene rings is 1. The van der Waals surface area contributed by atoms with Gasteiger partial charge in [-0.2, -0.15) is 5.26 Å². The average Bonchev–Trinajstić information content (AvgIpc) is 2.84. The second-order valence-electron chi connectivity index (χ2n) is 5.08. The molecule has 2 N–H and O–H groups in total. The van der Waals surface area contributed by atoms with Crippen LogP contribution in [0, 0.1) is 25.2 Å². The standard InChI is InChI=1S/C17H13N3O2S/c1-9-10(2)23-17-13(9)16(22)19-15(20-17)12(8-18)14(21)11-6-4-3-5-7-11/h3-7,21H,1-2H3,(H,19,20,22)/b14-12-. The first kappa shape index (κ1) is 15.0. The molecule has 5 nitrogen and oxygen atoms in total. The van der Waals surface area contributed by atoms with E-state index < -0.39 is 0 Å². The number of allylic oxidation sites excluding steroid dienone is 1. The van der Waals surface area contributed by atoms with E-state index in [4.69, 9.17) is 0 Å². The Morgan fingerprint density at radius 3 is 2.65 bits per heavy atom. The molecule has 1 aromatic carbocycles. The first-order valence-electron chi connectivity index (χ1n) is 6.92. The van der Waals surface area contributed by atoms with Crippen LogP contribution in [0.1, 0.15) is 21.8 Å². The van der Waals surface area contributed by atoms with E-state index in [2.05, 4.69) is 9.97 Å². The highest BCUT2D eigenvalue weighted by Gasteiger charge is 2.17. The van der Waals surface area contributed by atoms with E-state index in [0.717, 1.165) is 10.4 Å². The van der Waals surface area contributed by atoms with Gasteiger partial charge in [0, 0.05) is 10.4 Å². The second-order valence-corrected chi connectivity index (χ2v) is 6.28. The maximum Gasteiger partial charge on any atom is 0.260 e. The minimum Gasteiger partial charge on any atom is -0.506 e. The lowest BCUT2D eigenvalue weighted by Gasteiger charge is -2.04. The summed E-state index contributed by atoms with van der Waals surface area (Å²) < 4.78 is 0. The van der Waals surface area contributed by atoms with Gasteiger partial charge in [-0.15, -0.1) is 11.3 Å². The number of nitrogens with one attached hydrogen (secondary N) is 1. The summed E-state index contributed by atoms with van der Waals surface area (Å²) in [6.07, 6.45) is 0. The molecule has 3 aromatic rings. The van der Waals surface area contributed by atoms with Crippen LogP contribution in [0.15, 0.2) is 35.1 Å². The summed E-state index contributed by atoms with van der Waals surface area (Å²) in [7, 11) is 0. The molecule has 0 saturated carbocycles. The second kappa shape index (κ2) is 5.71. The zero-order valence-electron chi connectivity index (χ0n) is 12.5. The largest absolute Gasteiger partial charge is 0.506 e. The molecule has 23 heavy (non-hydrogen) atoms. The minimum absolute atomic E-state index is 0.0566. The molecule has 0 atom stereocenters. The number of fused-ring (bicyclic) bond motifs is 1. The van der Waals surface area contributed by atoms with Crippen molar-refractivity contribution in [1.29, 1.82) is 5.26 Å². The molecule has 0 amide bonds. The molecule has 0 aliphatic heterocycles. The Labute approximate surface area is 136 Å². The number of aromatic amines is 1. The quantitative estimate of drug-likeness (QED) is 0.557. The topological polar surface area (TPSA) is 89.8 Å². The fourth-order valence-corrected chi connectivity index (χ4v) is 3.36. The monoisotopic (exact) mass is 323 g/mol. The van der Waals surface area contributed by atoms with E-state index in [1.165, 1.54) is 11.3 Å². The van der Waals surface area contributed by atoms with Gasteiger partial charge in [0.05, 0.1) is 5.39 Å². The lowest BCUT2D eigenvalue weighted by Crippen LogP contribution is -2.11. The maximum atomic E-state index is 12.3. The highest BCUT2D eigenvalue weighted by molar-refractivity contribution is 7.18.